The highest BCUT2D eigenvalue weighted by molar-refractivity contribution is 5.32. The summed E-state index contributed by atoms with van der Waals surface area (Å²) in [5.74, 6) is 1.33. The lowest BCUT2D eigenvalue weighted by Gasteiger charge is -2.10. The van der Waals surface area contributed by atoms with E-state index in [2.05, 4.69) is 15.3 Å². The van der Waals surface area contributed by atoms with Gasteiger partial charge in [-0.05, 0) is 31.7 Å². The Bertz CT molecular complexity index is 402. The summed E-state index contributed by atoms with van der Waals surface area (Å²) < 4.78 is 0. The summed E-state index contributed by atoms with van der Waals surface area (Å²) in [5.41, 5.74) is 1.27. The molecule has 0 amide bonds. The van der Waals surface area contributed by atoms with Crippen molar-refractivity contribution >= 4 is 5.95 Å². The van der Waals surface area contributed by atoms with Crippen LogP contribution in [0.5, 0.6) is 0 Å². The highest BCUT2D eigenvalue weighted by atomic mass is 15.1. The van der Waals surface area contributed by atoms with Crippen molar-refractivity contribution in [2.75, 3.05) is 11.9 Å². The summed E-state index contributed by atoms with van der Waals surface area (Å²) in [6.45, 7) is 2.80. The second kappa shape index (κ2) is 4.93. The molecule has 0 atom stereocenters. The van der Waals surface area contributed by atoms with Crippen molar-refractivity contribution in [1.29, 1.82) is 5.26 Å². The maximum atomic E-state index is 8.80. The quantitative estimate of drug-likeness (QED) is 0.841. The molecule has 1 aromatic rings. The van der Waals surface area contributed by atoms with Gasteiger partial charge in [-0.3, -0.25) is 0 Å². The first-order valence-corrected chi connectivity index (χ1v) is 5.77. The van der Waals surface area contributed by atoms with Crippen LogP contribution in [-0.4, -0.2) is 16.5 Å². The van der Waals surface area contributed by atoms with Crippen molar-refractivity contribution in [3.63, 3.8) is 0 Å². The minimum atomic E-state index is 0.432. The van der Waals surface area contributed by atoms with Gasteiger partial charge < -0.3 is 5.32 Å². The van der Waals surface area contributed by atoms with Crippen LogP contribution < -0.4 is 5.32 Å². The average molecular weight is 216 g/mol. The van der Waals surface area contributed by atoms with Gasteiger partial charge in [0.25, 0.3) is 0 Å². The average Bonchev–Trinajstić information content (AvgIpc) is 2.78. The van der Waals surface area contributed by atoms with Gasteiger partial charge in [0.2, 0.25) is 5.95 Å². The Kier molecular flexibility index (Phi) is 3.35. The zero-order chi connectivity index (χ0) is 11.4. The van der Waals surface area contributed by atoms with E-state index in [0.29, 0.717) is 11.6 Å². The number of aromatic nitrogens is 2. The predicted octanol–water partition coefficient (Wildman–Crippen LogP) is 2.26. The minimum Gasteiger partial charge on any atom is -0.354 e. The topological polar surface area (TPSA) is 61.6 Å². The fraction of sp³-hybridized carbons (Fsp3) is 0.583. The number of aryl methyl sites for hydroxylation is 1. The van der Waals surface area contributed by atoms with Crippen LogP contribution >= 0.6 is 0 Å². The molecule has 0 bridgehead atoms. The van der Waals surface area contributed by atoms with Crippen LogP contribution in [0.2, 0.25) is 0 Å². The van der Waals surface area contributed by atoms with Gasteiger partial charge >= 0.3 is 0 Å². The van der Waals surface area contributed by atoms with Crippen molar-refractivity contribution in [2.45, 2.75) is 32.6 Å². The molecule has 1 N–H and O–H groups in total. The Labute approximate surface area is 95.7 Å². The van der Waals surface area contributed by atoms with E-state index in [4.69, 9.17) is 5.26 Å². The van der Waals surface area contributed by atoms with E-state index in [-0.39, 0.29) is 0 Å². The van der Waals surface area contributed by atoms with Gasteiger partial charge in [0.1, 0.15) is 11.8 Å². The molecule has 1 saturated carbocycles. The number of nitriles is 1. The van der Waals surface area contributed by atoms with Crippen molar-refractivity contribution in [3.8, 4) is 6.07 Å². The molecule has 1 aliphatic carbocycles. The molecular weight excluding hydrogens is 200 g/mol. The standard InChI is InChI=1S/C12H16N4/c1-9-6-11(7-13)16-12(15-9)14-8-10-4-2-3-5-10/h6,10H,2-5,8H2,1H3,(H,14,15,16). The van der Waals surface area contributed by atoms with E-state index >= 15 is 0 Å². The van der Waals surface area contributed by atoms with Gasteiger partial charge in [0.15, 0.2) is 0 Å². The van der Waals surface area contributed by atoms with Gasteiger partial charge in [-0.25, -0.2) is 9.97 Å². The summed E-state index contributed by atoms with van der Waals surface area (Å²) in [7, 11) is 0. The molecule has 16 heavy (non-hydrogen) atoms. The van der Waals surface area contributed by atoms with Gasteiger partial charge in [-0.1, -0.05) is 12.8 Å². The Morgan fingerprint density at radius 1 is 1.44 bits per heavy atom. The van der Waals surface area contributed by atoms with Crippen LogP contribution in [0.3, 0.4) is 0 Å². The van der Waals surface area contributed by atoms with E-state index < -0.39 is 0 Å². The molecule has 4 heteroatoms. The predicted molar refractivity (Wildman–Crippen MR) is 61.9 cm³/mol. The summed E-state index contributed by atoms with van der Waals surface area (Å²) in [5, 5.41) is 12.0. The number of nitrogens with one attached hydrogen (secondary N) is 1. The van der Waals surface area contributed by atoms with Crippen molar-refractivity contribution < 1.29 is 0 Å². The molecule has 1 heterocycles. The normalized spacial score (nSPS) is 16.0. The molecule has 1 fully saturated rings. The Morgan fingerprint density at radius 2 is 2.19 bits per heavy atom. The number of nitrogens with zero attached hydrogens (tertiary/aromatic N) is 3. The monoisotopic (exact) mass is 216 g/mol. The third-order valence-electron chi connectivity index (χ3n) is 2.99. The molecule has 2 rings (SSSR count). The summed E-state index contributed by atoms with van der Waals surface area (Å²) in [6, 6.07) is 3.74. The zero-order valence-electron chi connectivity index (χ0n) is 9.53. The first-order valence-electron chi connectivity index (χ1n) is 5.77. The van der Waals surface area contributed by atoms with E-state index in [0.717, 1.165) is 18.2 Å². The number of anilines is 1. The first-order chi connectivity index (χ1) is 7.78. The van der Waals surface area contributed by atoms with Crippen LogP contribution in [0.4, 0.5) is 5.95 Å². The Hall–Kier alpha value is -1.63. The second-order valence-electron chi connectivity index (χ2n) is 4.36. The maximum absolute atomic E-state index is 8.80. The highest BCUT2D eigenvalue weighted by Crippen LogP contribution is 2.24. The molecule has 1 aliphatic rings. The molecule has 0 aliphatic heterocycles. The van der Waals surface area contributed by atoms with Crippen molar-refractivity contribution in [2.24, 2.45) is 5.92 Å². The van der Waals surface area contributed by atoms with Crippen LogP contribution in [0.1, 0.15) is 37.1 Å². The zero-order valence-corrected chi connectivity index (χ0v) is 9.53. The molecular formula is C12H16N4. The Morgan fingerprint density at radius 3 is 2.88 bits per heavy atom. The lowest BCUT2D eigenvalue weighted by Crippen LogP contribution is -2.13. The van der Waals surface area contributed by atoms with E-state index in [9.17, 15) is 0 Å². The third-order valence-corrected chi connectivity index (χ3v) is 2.99. The summed E-state index contributed by atoms with van der Waals surface area (Å²) in [4.78, 5) is 8.40. The molecule has 1 aromatic heterocycles. The first kappa shape index (κ1) is 10.9. The van der Waals surface area contributed by atoms with Crippen LogP contribution in [0.25, 0.3) is 0 Å². The van der Waals surface area contributed by atoms with Gasteiger partial charge in [-0.2, -0.15) is 5.26 Å². The van der Waals surface area contributed by atoms with E-state index in [1.165, 1.54) is 25.7 Å². The summed E-state index contributed by atoms with van der Waals surface area (Å²) in [6.07, 6.45) is 5.27. The SMILES string of the molecule is Cc1cc(C#N)nc(NCC2CCCC2)n1. The second-order valence-corrected chi connectivity index (χ2v) is 4.36. The lowest BCUT2D eigenvalue weighted by molar-refractivity contribution is 0.577. The molecule has 0 spiro atoms. The van der Waals surface area contributed by atoms with E-state index in [1.807, 2.05) is 13.0 Å². The molecule has 0 radical (unpaired) electrons. The molecule has 0 unspecified atom stereocenters. The van der Waals surface area contributed by atoms with Gasteiger partial charge in [0.05, 0.1) is 0 Å². The van der Waals surface area contributed by atoms with Gasteiger partial charge in [0, 0.05) is 12.2 Å². The van der Waals surface area contributed by atoms with Crippen molar-refractivity contribution in [1.82, 2.24) is 9.97 Å². The molecule has 84 valence electrons. The summed E-state index contributed by atoms with van der Waals surface area (Å²) >= 11 is 0. The largest absolute Gasteiger partial charge is 0.354 e. The molecule has 0 aromatic carbocycles. The highest BCUT2D eigenvalue weighted by Gasteiger charge is 2.14. The smallest absolute Gasteiger partial charge is 0.224 e. The molecule has 0 saturated heterocycles. The van der Waals surface area contributed by atoms with Crippen LogP contribution in [-0.2, 0) is 0 Å². The Balaban J connectivity index is 1.98. The number of hydrogen-bond donors (Lipinski definition) is 1. The maximum Gasteiger partial charge on any atom is 0.224 e. The fourth-order valence-electron chi connectivity index (χ4n) is 2.15. The number of rotatable bonds is 3. The van der Waals surface area contributed by atoms with Crippen molar-refractivity contribution in [3.05, 3.63) is 17.5 Å². The fourth-order valence-corrected chi connectivity index (χ4v) is 2.15. The van der Waals surface area contributed by atoms with E-state index in [1.54, 1.807) is 6.07 Å². The third kappa shape index (κ3) is 2.69. The van der Waals surface area contributed by atoms with Gasteiger partial charge in [-0.15, -0.1) is 0 Å². The van der Waals surface area contributed by atoms with Crippen LogP contribution in [0.15, 0.2) is 6.07 Å². The minimum absolute atomic E-state index is 0.432. The van der Waals surface area contributed by atoms with Crippen LogP contribution in [0, 0.1) is 24.2 Å². The number of hydrogen-bond acceptors (Lipinski definition) is 4. The molecule has 4 nitrogen and oxygen atoms in total. The lowest BCUT2D eigenvalue weighted by atomic mass is 10.1.